The summed E-state index contributed by atoms with van der Waals surface area (Å²) in [5.74, 6) is -1.54. The van der Waals surface area contributed by atoms with Gasteiger partial charge in [0, 0.05) is 23.4 Å². The molecule has 0 radical (unpaired) electrons. The number of carbonyl (C=O) groups excluding carboxylic acids is 3. The first-order valence-corrected chi connectivity index (χ1v) is 13.1. The molecule has 36 heavy (non-hydrogen) atoms. The molecule has 0 unspecified atom stereocenters. The van der Waals surface area contributed by atoms with Gasteiger partial charge in [0.25, 0.3) is 15.9 Å². The Hall–Kier alpha value is -3.38. The molecule has 2 aromatic heterocycles. The van der Waals surface area contributed by atoms with E-state index in [1.165, 1.54) is 6.07 Å². The number of methoxy groups -OCH3 is 1. The summed E-state index contributed by atoms with van der Waals surface area (Å²) >= 11 is 6.01. The summed E-state index contributed by atoms with van der Waals surface area (Å²) in [4.78, 5) is 40.1. The monoisotopic (exact) mass is 537 g/mol. The number of benzene rings is 1. The Bertz CT molecular complexity index is 1390. The molecule has 1 fully saturated rings. The van der Waals surface area contributed by atoms with E-state index in [9.17, 15) is 22.8 Å². The summed E-state index contributed by atoms with van der Waals surface area (Å²) in [5.41, 5.74) is 1.38. The first-order chi connectivity index (χ1) is 17.1. The minimum atomic E-state index is -4.34. The van der Waals surface area contributed by atoms with E-state index in [1.54, 1.807) is 22.9 Å². The summed E-state index contributed by atoms with van der Waals surface area (Å²) in [6.07, 6.45) is 2.21. The maximum Gasteiger partial charge on any atom is 0.306 e. The number of hydrogen-bond donors (Lipinski definition) is 2. The maximum absolute atomic E-state index is 12.6. The largest absolute Gasteiger partial charge is 0.469 e. The third kappa shape index (κ3) is 6.05. The van der Waals surface area contributed by atoms with Crippen LogP contribution in [0.5, 0.6) is 0 Å². The van der Waals surface area contributed by atoms with Crippen LogP contribution in [0.25, 0.3) is 11.1 Å². The van der Waals surface area contributed by atoms with Gasteiger partial charge in [0.15, 0.2) is 17.2 Å². The van der Waals surface area contributed by atoms with E-state index in [-0.39, 0.29) is 30.6 Å². The molecule has 192 valence electrons. The van der Waals surface area contributed by atoms with E-state index < -0.39 is 32.9 Å². The predicted molar refractivity (Wildman–Crippen MR) is 127 cm³/mol. The number of sulfonamides is 1. The zero-order chi connectivity index (χ0) is 25.9. The highest BCUT2D eigenvalue weighted by atomic mass is 35.5. The van der Waals surface area contributed by atoms with Gasteiger partial charge in [-0.3, -0.25) is 14.4 Å². The lowest BCUT2D eigenvalue weighted by molar-refractivity contribution is -0.142. The van der Waals surface area contributed by atoms with E-state index in [1.807, 2.05) is 0 Å². The first-order valence-electron chi connectivity index (χ1n) is 11.2. The summed E-state index contributed by atoms with van der Waals surface area (Å²) in [6.45, 7) is 0. The van der Waals surface area contributed by atoms with Crippen molar-refractivity contribution in [3.8, 4) is 0 Å². The van der Waals surface area contributed by atoms with Gasteiger partial charge in [-0.25, -0.2) is 9.71 Å². The highest BCUT2D eigenvalue weighted by Gasteiger charge is 2.29. The molecule has 2 N–H and O–H groups in total. The van der Waals surface area contributed by atoms with Crippen molar-refractivity contribution in [1.29, 1.82) is 0 Å². The molecule has 0 saturated heterocycles. The van der Waals surface area contributed by atoms with Crippen LogP contribution in [-0.4, -0.2) is 44.3 Å². The number of fused-ring (bicyclic) bond motifs is 1. The number of oxazole rings is 1. The third-order valence-electron chi connectivity index (χ3n) is 5.88. The van der Waals surface area contributed by atoms with Crippen molar-refractivity contribution in [2.45, 2.75) is 55.6 Å². The van der Waals surface area contributed by atoms with Gasteiger partial charge in [0.2, 0.25) is 11.0 Å². The Kier molecular flexibility index (Phi) is 7.65. The fraction of sp³-hybridized carbons (Fsp3) is 0.391. The topological polar surface area (TPSA) is 158 Å². The van der Waals surface area contributed by atoms with Crippen LogP contribution in [0.1, 0.15) is 60.9 Å². The number of esters is 1. The Labute approximate surface area is 211 Å². The summed E-state index contributed by atoms with van der Waals surface area (Å²) < 4.78 is 41.9. The second-order valence-electron chi connectivity index (χ2n) is 8.41. The van der Waals surface area contributed by atoms with Crippen molar-refractivity contribution in [2.75, 3.05) is 7.11 Å². The Morgan fingerprint density at radius 1 is 1.08 bits per heavy atom. The van der Waals surface area contributed by atoms with E-state index >= 15 is 0 Å². The Morgan fingerprint density at radius 3 is 2.56 bits per heavy atom. The molecule has 1 aliphatic carbocycles. The number of carbonyl (C=O) groups is 3. The molecule has 2 heterocycles. The van der Waals surface area contributed by atoms with Gasteiger partial charge in [0.05, 0.1) is 13.5 Å². The van der Waals surface area contributed by atoms with E-state index in [0.717, 1.165) is 26.0 Å². The van der Waals surface area contributed by atoms with E-state index in [2.05, 4.69) is 15.0 Å². The molecule has 11 nitrogen and oxygen atoms in total. The average molecular weight is 538 g/mol. The lowest BCUT2D eigenvalue weighted by Gasteiger charge is -2.27. The Balaban J connectivity index is 1.30. The number of nitrogens with zero attached hydrogens (tertiary/aromatic N) is 1. The average Bonchev–Trinajstić information content (AvgIpc) is 3.50. The molecule has 0 aliphatic heterocycles. The lowest BCUT2D eigenvalue weighted by atomic mass is 9.86. The number of ether oxygens (including phenoxy) is 1. The third-order valence-corrected chi connectivity index (χ3v) is 7.36. The van der Waals surface area contributed by atoms with Crippen LogP contribution in [0.15, 0.2) is 44.3 Å². The van der Waals surface area contributed by atoms with Gasteiger partial charge in [-0.15, -0.1) is 0 Å². The molecule has 0 bridgehead atoms. The molecule has 2 amide bonds. The Morgan fingerprint density at radius 2 is 1.83 bits per heavy atom. The molecular weight excluding hydrogens is 514 g/mol. The van der Waals surface area contributed by atoms with Crippen LogP contribution in [0.4, 0.5) is 0 Å². The number of nitrogens with one attached hydrogen (secondary N) is 2. The lowest BCUT2D eigenvalue weighted by Crippen LogP contribution is -2.37. The number of furan rings is 1. The number of aromatic nitrogens is 1. The number of amides is 2. The molecule has 13 heteroatoms. The van der Waals surface area contributed by atoms with Crippen molar-refractivity contribution in [1.82, 2.24) is 15.0 Å². The number of hydrogen-bond acceptors (Lipinski definition) is 9. The fourth-order valence-electron chi connectivity index (χ4n) is 3.99. The summed E-state index contributed by atoms with van der Waals surface area (Å²) in [6, 6.07) is 7.46. The standard InChI is InChI=1S/C23H24ClN3O8S/c1-33-20(29)10-9-19(28)27-36(31,32)21-11-8-18(34-21)22(30)25-15-5-2-13(3-6-15)23-26-16-12-14(24)4-7-17(16)35-23/h4,7-8,11-13,15H,2-3,5-6,9-10H2,1H3,(H,25,30)(H,27,28)/t13-,15-. The van der Waals surface area contributed by atoms with Crippen LogP contribution >= 0.6 is 11.6 Å². The SMILES string of the molecule is COC(=O)CCC(=O)NS(=O)(=O)c1ccc(C(=O)N[C@H]2CC[C@H](c3nc4cc(Cl)ccc4o3)CC2)o1. The summed E-state index contributed by atoms with van der Waals surface area (Å²) in [7, 11) is -3.18. The molecule has 1 saturated carbocycles. The zero-order valence-corrected chi connectivity index (χ0v) is 20.9. The molecular formula is C23H24ClN3O8S. The second-order valence-corrected chi connectivity index (χ2v) is 10.5. The minimum absolute atomic E-state index is 0.118. The van der Waals surface area contributed by atoms with E-state index in [4.69, 9.17) is 20.4 Å². The van der Waals surface area contributed by atoms with Crippen molar-refractivity contribution in [2.24, 2.45) is 0 Å². The van der Waals surface area contributed by atoms with Crippen LogP contribution in [0.3, 0.4) is 0 Å². The maximum atomic E-state index is 12.6. The molecule has 0 atom stereocenters. The van der Waals surface area contributed by atoms with Gasteiger partial charge in [-0.05, 0) is 56.0 Å². The molecule has 3 aromatic rings. The first kappa shape index (κ1) is 25.7. The summed E-state index contributed by atoms with van der Waals surface area (Å²) in [5, 5.41) is 2.85. The van der Waals surface area contributed by atoms with Crippen LogP contribution in [0.2, 0.25) is 5.02 Å². The molecule has 1 aliphatic rings. The molecule has 4 rings (SSSR count). The molecule has 1 aromatic carbocycles. The fourth-order valence-corrected chi connectivity index (χ4v) is 5.11. The van der Waals surface area contributed by atoms with Crippen molar-refractivity contribution < 1.29 is 36.4 Å². The van der Waals surface area contributed by atoms with Crippen LogP contribution in [0, 0.1) is 0 Å². The van der Waals surface area contributed by atoms with Gasteiger partial charge in [-0.1, -0.05) is 11.6 Å². The van der Waals surface area contributed by atoms with Crippen LogP contribution < -0.4 is 10.0 Å². The van der Waals surface area contributed by atoms with Crippen molar-refractivity contribution in [3.63, 3.8) is 0 Å². The number of rotatable bonds is 8. The van der Waals surface area contributed by atoms with Gasteiger partial charge < -0.3 is 18.9 Å². The van der Waals surface area contributed by atoms with Gasteiger partial charge in [0.1, 0.15) is 5.52 Å². The highest BCUT2D eigenvalue weighted by molar-refractivity contribution is 7.89. The van der Waals surface area contributed by atoms with Crippen molar-refractivity contribution in [3.05, 3.63) is 47.0 Å². The predicted octanol–water partition coefficient (Wildman–Crippen LogP) is 3.29. The molecule has 0 spiro atoms. The van der Waals surface area contributed by atoms with Gasteiger partial charge in [-0.2, -0.15) is 8.42 Å². The smallest absolute Gasteiger partial charge is 0.306 e. The zero-order valence-electron chi connectivity index (χ0n) is 19.3. The quantitative estimate of drug-likeness (QED) is 0.411. The van der Waals surface area contributed by atoms with Gasteiger partial charge >= 0.3 is 5.97 Å². The second kappa shape index (κ2) is 10.7. The van der Waals surface area contributed by atoms with E-state index in [0.29, 0.717) is 34.9 Å². The highest BCUT2D eigenvalue weighted by Crippen LogP contribution is 2.34. The normalized spacial score (nSPS) is 18.1. The van der Waals surface area contributed by atoms with Crippen molar-refractivity contribution >= 4 is 50.5 Å². The number of halogens is 1. The minimum Gasteiger partial charge on any atom is -0.469 e. The van der Waals surface area contributed by atoms with Crippen LogP contribution in [-0.2, 0) is 24.3 Å².